The van der Waals surface area contributed by atoms with Gasteiger partial charge in [-0.15, -0.1) is 0 Å². The average molecular weight is 401 g/mol. The molecule has 0 spiro atoms. The summed E-state index contributed by atoms with van der Waals surface area (Å²) < 4.78 is 27.4. The van der Waals surface area contributed by atoms with E-state index in [-0.39, 0.29) is 5.41 Å². The number of aryl methyl sites for hydroxylation is 1. The van der Waals surface area contributed by atoms with Crippen LogP contribution in [0.4, 0.5) is 0 Å². The van der Waals surface area contributed by atoms with E-state index in [2.05, 4.69) is 56.9 Å². The first-order valence-corrected chi connectivity index (χ1v) is 11.5. The van der Waals surface area contributed by atoms with Gasteiger partial charge in [0.25, 0.3) is 0 Å². The fourth-order valence-corrected chi connectivity index (χ4v) is 4.96. The Kier molecular flexibility index (Phi) is 6.28. The lowest BCUT2D eigenvalue weighted by molar-refractivity contribution is 0.181. The molecular weight excluding hydrogens is 368 g/mol. The van der Waals surface area contributed by atoms with Gasteiger partial charge in [0, 0.05) is 32.7 Å². The largest absolute Gasteiger partial charge is 0.296 e. The van der Waals surface area contributed by atoms with Crippen molar-refractivity contribution >= 4 is 10.0 Å². The summed E-state index contributed by atoms with van der Waals surface area (Å²) in [6, 6.07) is 16.1. The molecule has 3 rings (SSSR count). The van der Waals surface area contributed by atoms with Gasteiger partial charge in [-0.3, -0.25) is 4.90 Å². The molecule has 0 saturated carbocycles. The average Bonchev–Trinajstić information content (AvgIpc) is 2.68. The van der Waals surface area contributed by atoms with Crippen LogP contribution in [0.5, 0.6) is 0 Å². The fraction of sp³-hybridized carbons (Fsp3) is 0.478. The highest BCUT2D eigenvalue weighted by molar-refractivity contribution is 7.89. The molecule has 0 unspecified atom stereocenters. The maximum atomic E-state index is 12.9. The van der Waals surface area contributed by atoms with Crippen molar-refractivity contribution in [3.8, 4) is 0 Å². The Morgan fingerprint density at radius 1 is 0.821 bits per heavy atom. The number of rotatable bonds is 5. The standard InChI is InChI=1S/C23H32N2O2S/c1-5-19-8-12-22(13-9-19)28(26,27)25-16-14-24(15-17-25)18-20-6-10-21(11-7-20)23(2,3)4/h6-13H,5,14-18H2,1-4H3. The molecule has 2 aromatic rings. The Morgan fingerprint density at radius 2 is 1.36 bits per heavy atom. The Hall–Kier alpha value is -1.69. The van der Waals surface area contributed by atoms with Crippen molar-refractivity contribution in [2.24, 2.45) is 0 Å². The summed E-state index contributed by atoms with van der Waals surface area (Å²) in [6.45, 7) is 12.2. The summed E-state index contributed by atoms with van der Waals surface area (Å²) >= 11 is 0. The molecule has 1 fully saturated rings. The van der Waals surface area contributed by atoms with E-state index >= 15 is 0 Å². The SMILES string of the molecule is CCc1ccc(S(=O)(=O)N2CCN(Cc3ccc(C(C)(C)C)cc3)CC2)cc1. The molecule has 0 atom stereocenters. The predicted octanol–water partition coefficient (Wildman–Crippen LogP) is 4.05. The monoisotopic (exact) mass is 400 g/mol. The summed E-state index contributed by atoms with van der Waals surface area (Å²) in [6.07, 6.45) is 0.912. The first-order valence-electron chi connectivity index (χ1n) is 10.1. The second kappa shape index (κ2) is 8.36. The van der Waals surface area contributed by atoms with Gasteiger partial charge in [0.2, 0.25) is 10.0 Å². The second-order valence-electron chi connectivity index (χ2n) is 8.62. The van der Waals surface area contributed by atoms with Crippen molar-refractivity contribution in [3.63, 3.8) is 0 Å². The first kappa shape index (κ1) is 21.0. The van der Waals surface area contributed by atoms with E-state index in [9.17, 15) is 8.42 Å². The third-order valence-electron chi connectivity index (χ3n) is 5.53. The highest BCUT2D eigenvalue weighted by atomic mass is 32.2. The van der Waals surface area contributed by atoms with Gasteiger partial charge in [-0.05, 0) is 40.7 Å². The summed E-state index contributed by atoms with van der Waals surface area (Å²) in [4.78, 5) is 2.73. The van der Waals surface area contributed by atoms with E-state index < -0.39 is 10.0 Å². The van der Waals surface area contributed by atoms with E-state index in [0.717, 1.165) is 31.6 Å². The minimum atomic E-state index is -3.40. The predicted molar refractivity (Wildman–Crippen MR) is 115 cm³/mol. The van der Waals surface area contributed by atoms with Gasteiger partial charge in [0.05, 0.1) is 4.90 Å². The molecule has 28 heavy (non-hydrogen) atoms. The number of hydrogen-bond acceptors (Lipinski definition) is 3. The molecule has 1 aliphatic rings. The van der Waals surface area contributed by atoms with Crippen LogP contribution in [-0.2, 0) is 28.4 Å². The van der Waals surface area contributed by atoms with Crippen LogP contribution in [0.3, 0.4) is 0 Å². The van der Waals surface area contributed by atoms with Crippen molar-refractivity contribution in [1.29, 1.82) is 0 Å². The summed E-state index contributed by atoms with van der Waals surface area (Å²) in [7, 11) is -3.40. The highest BCUT2D eigenvalue weighted by Gasteiger charge is 2.28. The molecule has 0 radical (unpaired) electrons. The van der Waals surface area contributed by atoms with Crippen LogP contribution in [0.2, 0.25) is 0 Å². The summed E-state index contributed by atoms with van der Waals surface area (Å²) in [5.41, 5.74) is 3.93. The number of nitrogens with zero attached hydrogens (tertiary/aromatic N) is 2. The molecule has 2 aromatic carbocycles. The van der Waals surface area contributed by atoms with Crippen LogP contribution in [0, 0.1) is 0 Å². The Bertz CT molecular complexity index is 874. The topological polar surface area (TPSA) is 40.6 Å². The normalized spacial score (nSPS) is 17.0. The van der Waals surface area contributed by atoms with E-state index in [0.29, 0.717) is 18.0 Å². The zero-order valence-corrected chi connectivity index (χ0v) is 18.3. The smallest absolute Gasteiger partial charge is 0.243 e. The molecule has 4 nitrogen and oxygen atoms in total. The second-order valence-corrected chi connectivity index (χ2v) is 10.6. The van der Waals surface area contributed by atoms with Crippen LogP contribution in [0.25, 0.3) is 0 Å². The van der Waals surface area contributed by atoms with Crippen LogP contribution >= 0.6 is 0 Å². The molecular formula is C23H32N2O2S. The zero-order valence-electron chi connectivity index (χ0n) is 17.5. The minimum Gasteiger partial charge on any atom is -0.296 e. The van der Waals surface area contributed by atoms with Crippen LogP contribution in [0.15, 0.2) is 53.4 Å². The van der Waals surface area contributed by atoms with Gasteiger partial charge in [0.15, 0.2) is 0 Å². The summed E-state index contributed by atoms with van der Waals surface area (Å²) in [5.74, 6) is 0. The van der Waals surface area contributed by atoms with Crippen molar-refractivity contribution in [2.45, 2.75) is 51.0 Å². The molecule has 0 aliphatic carbocycles. The quantitative estimate of drug-likeness (QED) is 0.760. The molecule has 1 saturated heterocycles. The fourth-order valence-electron chi connectivity index (χ4n) is 3.54. The van der Waals surface area contributed by atoms with Crippen LogP contribution in [0.1, 0.15) is 44.4 Å². The lowest BCUT2D eigenvalue weighted by Crippen LogP contribution is -2.48. The molecule has 1 heterocycles. The van der Waals surface area contributed by atoms with Gasteiger partial charge in [-0.25, -0.2) is 8.42 Å². The molecule has 0 amide bonds. The van der Waals surface area contributed by atoms with Gasteiger partial charge in [0.1, 0.15) is 0 Å². The summed E-state index contributed by atoms with van der Waals surface area (Å²) in [5, 5.41) is 0. The van der Waals surface area contributed by atoms with Crippen molar-refractivity contribution in [2.75, 3.05) is 26.2 Å². The van der Waals surface area contributed by atoms with Crippen molar-refractivity contribution in [3.05, 3.63) is 65.2 Å². The van der Waals surface area contributed by atoms with Gasteiger partial charge in [-0.2, -0.15) is 4.31 Å². The number of hydrogen-bond donors (Lipinski definition) is 0. The molecule has 152 valence electrons. The maximum Gasteiger partial charge on any atom is 0.243 e. The third kappa shape index (κ3) is 4.83. The highest BCUT2D eigenvalue weighted by Crippen LogP contribution is 2.23. The van der Waals surface area contributed by atoms with Gasteiger partial charge in [-0.1, -0.05) is 64.1 Å². The zero-order chi connectivity index (χ0) is 20.4. The number of piperazine rings is 1. The van der Waals surface area contributed by atoms with E-state index in [1.807, 2.05) is 12.1 Å². The Labute approximate surface area is 170 Å². The molecule has 1 aliphatic heterocycles. The van der Waals surface area contributed by atoms with Crippen LogP contribution < -0.4 is 0 Å². The molecule has 5 heteroatoms. The van der Waals surface area contributed by atoms with E-state index in [1.54, 1.807) is 16.4 Å². The molecule has 0 aromatic heterocycles. The first-order chi connectivity index (χ1) is 13.2. The third-order valence-corrected chi connectivity index (χ3v) is 7.44. The van der Waals surface area contributed by atoms with E-state index in [1.165, 1.54) is 11.1 Å². The van der Waals surface area contributed by atoms with Crippen molar-refractivity contribution in [1.82, 2.24) is 9.21 Å². The maximum absolute atomic E-state index is 12.9. The lowest BCUT2D eigenvalue weighted by atomic mass is 9.87. The number of benzene rings is 2. The minimum absolute atomic E-state index is 0.161. The number of sulfonamides is 1. The molecule has 0 bridgehead atoms. The van der Waals surface area contributed by atoms with Gasteiger partial charge >= 0.3 is 0 Å². The van der Waals surface area contributed by atoms with Crippen molar-refractivity contribution < 1.29 is 8.42 Å². The molecule has 0 N–H and O–H groups in total. The lowest BCUT2D eigenvalue weighted by Gasteiger charge is -2.34. The van der Waals surface area contributed by atoms with Crippen LogP contribution in [-0.4, -0.2) is 43.8 Å². The van der Waals surface area contributed by atoms with Gasteiger partial charge < -0.3 is 0 Å². The Morgan fingerprint density at radius 3 is 1.86 bits per heavy atom. The Balaban J connectivity index is 1.59. The van der Waals surface area contributed by atoms with E-state index in [4.69, 9.17) is 0 Å².